The predicted molar refractivity (Wildman–Crippen MR) is 93.6 cm³/mol. The number of hydrogen-bond acceptors (Lipinski definition) is 6. The average molecular weight is 373 g/mol. The smallest absolute Gasteiger partial charge is 0.266 e. The van der Waals surface area contributed by atoms with Crippen molar-refractivity contribution in [1.29, 1.82) is 0 Å². The molecule has 0 aliphatic carbocycles. The average Bonchev–Trinajstić information content (AvgIpc) is 3.02. The van der Waals surface area contributed by atoms with Crippen molar-refractivity contribution in [2.45, 2.75) is 11.4 Å². The summed E-state index contributed by atoms with van der Waals surface area (Å²) in [4.78, 5) is 14.3. The van der Waals surface area contributed by atoms with Crippen LogP contribution >= 0.6 is 0 Å². The number of aromatic nitrogens is 3. The summed E-state index contributed by atoms with van der Waals surface area (Å²) in [6, 6.07) is 11.9. The summed E-state index contributed by atoms with van der Waals surface area (Å²) in [6.07, 6.45) is 1.67. The molecule has 3 aromatic rings. The third kappa shape index (κ3) is 3.76. The van der Waals surface area contributed by atoms with Gasteiger partial charge in [0.1, 0.15) is 0 Å². The lowest BCUT2D eigenvalue weighted by Gasteiger charge is -2.04. The number of nitro groups is 1. The van der Waals surface area contributed by atoms with Gasteiger partial charge in [-0.2, -0.15) is 5.10 Å². The second-order valence-corrected chi connectivity index (χ2v) is 7.20. The molecule has 0 aliphatic heterocycles. The van der Waals surface area contributed by atoms with Crippen molar-refractivity contribution < 1.29 is 13.3 Å². The molecule has 134 valence electrons. The molecule has 0 radical (unpaired) electrons. The van der Waals surface area contributed by atoms with Gasteiger partial charge in [-0.25, -0.2) is 13.1 Å². The number of rotatable bonds is 6. The van der Waals surface area contributed by atoms with Crippen LogP contribution in [0.2, 0.25) is 0 Å². The number of nitrogens with one attached hydrogen (secondary N) is 1. The molecule has 0 bridgehead atoms. The molecule has 2 heterocycles. The summed E-state index contributed by atoms with van der Waals surface area (Å²) in [5, 5.41) is 14.9. The molecule has 26 heavy (non-hydrogen) atoms. The van der Waals surface area contributed by atoms with E-state index in [1.807, 2.05) is 12.1 Å². The molecule has 0 unspecified atom stereocenters. The Morgan fingerprint density at radius 2 is 1.92 bits per heavy atom. The first-order valence-electron chi connectivity index (χ1n) is 7.55. The largest absolute Gasteiger partial charge is 0.269 e. The Hall–Kier alpha value is -3.11. The molecule has 3 rings (SSSR count). The number of sulfonamides is 1. The second kappa shape index (κ2) is 7.02. The predicted octanol–water partition coefficient (Wildman–Crippen LogP) is 1.87. The van der Waals surface area contributed by atoms with Crippen molar-refractivity contribution in [3.8, 4) is 11.4 Å². The number of nitro benzene ring substituents is 1. The van der Waals surface area contributed by atoms with E-state index in [0.717, 1.165) is 23.5 Å². The molecule has 0 aliphatic rings. The highest BCUT2D eigenvalue weighted by molar-refractivity contribution is 7.89. The van der Waals surface area contributed by atoms with Crippen LogP contribution in [0.1, 0.15) is 5.69 Å². The van der Waals surface area contributed by atoms with Crippen molar-refractivity contribution in [2.24, 2.45) is 7.05 Å². The van der Waals surface area contributed by atoms with Gasteiger partial charge in [0, 0.05) is 25.4 Å². The molecule has 0 spiro atoms. The van der Waals surface area contributed by atoms with E-state index < -0.39 is 14.9 Å². The van der Waals surface area contributed by atoms with Gasteiger partial charge in [0.25, 0.3) is 5.69 Å². The molecule has 9 nitrogen and oxygen atoms in total. The monoisotopic (exact) mass is 373 g/mol. The van der Waals surface area contributed by atoms with E-state index in [0.29, 0.717) is 5.69 Å². The van der Waals surface area contributed by atoms with Gasteiger partial charge >= 0.3 is 0 Å². The van der Waals surface area contributed by atoms with E-state index in [2.05, 4.69) is 14.8 Å². The van der Waals surface area contributed by atoms with Gasteiger partial charge in [0.2, 0.25) is 10.0 Å². The summed E-state index contributed by atoms with van der Waals surface area (Å²) in [6.45, 7) is -0.0139. The van der Waals surface area contributed by atoms with E-state index in [9.17, 15) is 18.5 Å². The fraction of sp³-hybridized carbons (Fsp3) is 0.125. The minimum Gasteiger partial charge on any atom is -0.266 e. The normalized spacial score (nSPS) is 11.4. The first-order chi connectivity index (χ1) is 12.4. The summed E-state index contributed by atoms with van der Waals surface area (Å²) in [5.41, 5.74) is 1.84. The molecule has 0 atom stereocenters. The molecule has 2 aromatic heterocycles. The maximum absolute atomic E-state index is 12.3. The maximum atomic E-state index is 12.3. The van der Waals surface area contributed by atoms with E-state index in [4.69, 9.17) is 0 Å². The summed E-state index contributed by atoms with van der Waals surface area (Å²) >= 11 is 0. The second-order valence-electron chi connectivity index (χ2n) is 5.44. The standard InChI is InChI=1S/C16H15N5O4S/c1-20-16(15-4-2-3-9-17-15)10-12(19-20)11-18-26(24,25)14-7-5-13(6-8-14)21(22)23/h2-10,18H,11H2,1H3. The maximum Gasteiger partial charge on any atom is 0.269 e. The Morgan fingerprint density at radius 1 is 1.19 bits per heavy atom. The van der Waals surface area contributed by atoms with E-state index >= 15 is 0 Å². The minimum atomic E-state index is -3.81. The van der Waals surface area contributed by atoms with Gasteiger partial charge in [0.15, 0.2) is 0 Å². The van der Waals surface area contributed by atoms with Crippen LogP contribution in [0.5, 0.6) is 0 Å². The lowest BCUT2D eigenvalue weighted by Crippen LogP contribution is -2.23. The third-order valence-corrected chi connectivity index (χ3v) is 5.08. The van der Waals surface area contributed by atoms with E-state index in [1.165, 1.54) is 12.1 Å². The molecule has 0 saturated heterocycles. The summed E-state index contributed by atoms with van der Waals surface area (Å²) in [7, 11) is -2.06. The highest BCUT2D eigenvalue weighted by atomic mass is 32.2. The Bertz CT molecular complexity index is 1030. The first kappa shape index (κ1) is 17.7. The Kier molecular flexibility index (Phi) is 4.78. The van der Waals surface area contributed by atoms with Gasteiger partial charge in [-0.05, 0) is 30.3 Å². The van der Waals surface area contributed by atoms with Crippen LogP contribution in [-0.4, -0.2) is 28.1 Å². The number of pyridine rings is 1. The van der Waals surface area contributed by atoms with Crippen LogP contribution in [0, 0.1) is 10.1 Å². The van der Waals surface area contributed by atoms with Gasteiger partial charge in [0.05, 0.1) is 33.4 Å². The number of hydrogen-bond donors (Lipinski definition) is 1. The molecule has 0 amide bonds. The molecule has 1 N–H and O–H groups in total. The third-order valence-electron chi connectivity index (χ3n) is 3.66. The number of non-ortho nitro benzene ring substituents is 1. The SMILES string of the molecule is Cn1nc(CNS(=O)(=O)c2ccc([N+](=O)[O-])cc2)cc1-c1ccccn1. The zero-order chi connectivity index (χ0) is 18.7. The molecular formula is C16H15N5O4S. The van der Waals surface area contributed by atoms with Gasteiger partial charge in [-0.1, -0.05) is 6.07 Å². The minimum absolute atomic E-state index is 0.0139. The number of aryl methyl sites for hydroxylation is 1. The summed E-state index contributed by atoms with van der Waals surface area (Å²) < 4.78 is 28.7. The number of benzene rings is 1. The molecule has 0 saturated carbocycles. The molecule has 0 fully saturated rings. The number of nitrogens with zero attached hydrogens (tertiary/aromatic N) is 4. The van der Waals surface area contributed by atoms with Gasteiger partial charge < -0.3 is 0 Å². The van der Waals surface area contributed by atoms with E-state index in [1.54, 1.807) is 30.1 Å². The van der Waals surface area contributed by atoms with Crippen LogP contribution in [0.4, 0.5) is 5.69 Å². The van der Waals surface area contributed by atoms with Gasteiger partial charge in [-0.15, -0.1) is 0 Å². The highest BCUT2D eigenvalue weighted by Gasteiger charge is 2.17. The van der Waals surface area contributed by atoms with Crippen LogP contribution in [0.3, 0.4) is 0 Å². The van der Waals surface area contributed by atoms with Crippen molar-refractivity contribution in [1.82, 2.24) is 19.5 Å². The van der Waals surface area contributed by atoms with Gasteiger partial charge in [-0.3, -0.25) is 19.8 Å². The van der Waals surface area contributed by atoms with Crippen LogP contribution in [0.15, 0.2) is 59.6 Å². The molecule has 10 heteroatoms. The Balaban J connectivity index is 1.75. The van der Waals surface area contributed by atoms with Crippen molar-refractivity contribution in [2.75, 3.05) is 0 Å². The van der Waals surface area contributed by atoms with E-state index in [-0.39, 0.29) is 17.1 Å². The summed E-state index contributed by atoms with van der Waals surface area (Å²) in [5.74, 6) is 0. The lowest BCUT2D eigenvalue weighted by molar-refractivity contribution is -0.384. The molecular weight excluding hydrogens is 358 g/mol. The van der Waals surface area contributed by atoms with Crippen molar-refractivity contribution in [3.63, 3.8) is 0 Å². The Morgan fingerprint density at radius 3 is 2.54 bits per heavy atom. The topological polar surface area (TPSA) is 120 Å². The quantitative estimate of drug-likeness (QED) is 0.520. The fourth-order valence-electron chi connectivity index (χ4n) is 2.37. The van der Waals surface area contributed by atoms with Crippen LogP contribution in [-0.2, 0) is 23.6 Å². The Labute approximate surface area is 149 Å². The van der Waals surface area contributed by atoms with Crippen LogP contribution in [0.25, 0.3) is 11.4 Å². The lowest BCUT2D eigenvalue weighted by atomic mass is 10.2. The molecule has 1 aromatic carbocycles. The first-order valence-corrected chi connectivity index (χ1v) is 9.03. The zero-order valence-electron chi connectivity index (χ0n) is 13.7. The van der Waals surface area contributed by atoms with Crippen LogP contribution < -0.4 is 4.72 Å². The zero-order valence-corrected chi connectivity index (χ0v) is 14.5. The fourth-order valence-corrected chi connectivity index (χ4v) is 3.37. The highest BCUT2D eigenvalue weighted by Crippen LogP contribution is 2.18. The van der Waals surface area contributed by atoms with Crippen molar-refractivity contribution >= 4 is 15.7 Å². The van der Waals surface area contributed by atoms with Crippen molar-refractivity contribution in [3.05, 3.63) is 70.5 Å².